The standard InChI is InChI=1S/2C22H17Cl2O2.C2H6Si.2ClH.Zr/c2*1-12-4-6-14-8-15(20-7-5-13(2)26-20)9-17(14)21(12)16-10-18(23)22(25-3)19(24)11-16;1-3-2;;;/h2*4-11H,1-3H3;1-2H3;2*1H;/q;;;;;+2/p-2. The van der Waals surface area contributed by atoms with Crippen LogP contribution in [0.2, 0.25) is 33.2 Å². The number of hydrogen-bond donors (Lipinski definition) is 0. The number of furan rings is 2. The Morgan fingerprint density at radius 1 is 0.552 bits per heavy atom. The number of fused-ring (bicyclic) bond motifs is 2. The maximum atomic E-state index is 8.89. The Hall–Kier alpha value is -2.64. The monoisotopic (exact) mass is 984 g/mol. The topological polar surface area (TPSA) is 44.7 Å². The van der Waals surface area contributed by atoms with E-state index in [1.807, 2.05) is 62.4 Å². The molecule has 12 heteroatoms. The van der Waals surface area contributed by atoms with Gasteiger partial charge in [0.25, 0.3) is 0 Å². The molecule has 2 atom stereocenters. The van der Waals surface area contributed by atoms with Crippen molar-refractivity contribution in [3.63, 3.8) is 0 Å². The molecule has 0 bridgehead atoms. The molecule has 0 N–H and O–H groups in total. The second-order valence-corrected chi connectivity index (χ2v) is 55.9. The average Bonchev–Trinajstić information content (AvgIpc) is 3.96. The quantitative estimate of drug-likeness (QED) is 0.143. The Balaban J connectivity index is 1.45. The Labute approximate surface area is 367 Å². The molecule has 2 aromatic heterocycles. The van der Waals surface area contributed by atoms with Crippen LogP contribution in [0.25, 0.3) is 45.6 Å². The zero-order valence-corrected chi connectivity index (χ0v) is 41.1. The van der Waals surface area contributed by atoms with E-state index in [0.717, 1.165) is 89.8 Å². The predicted octanol–water partition coefficient (Wildman–Crippen LogP) is 16.2. The Kier molecular flexibility index (Phi) is 11.1. The van der Waals surface area contributed by atoms with Crippen LogP contribution in [0.1, 0.15) is 63.7 Å². The van der Waals surface area contributed by atoms with Gasteiger partial charge < -0.3 is 0 Å². The van der Waals surface area contributed by atoms with Crippen molar-refractivity contribution in [1.82, 2.24) is 0 Å². The van der Waals surface area contributed by atoms with E-state index in [1.165, 1.54) is 0 Å². The molecular formula is C46H40Cl6O4SiZr. The summed E-state index contributed by atoms with van der Waals surface area (Å²) in [6.07, 6.45) is 4.46. The zero-order chi connectivity index (χ0) is 41.6. The molecule has 4 aromatic carbocycles. The Morgan fingerprint density at radius 2 is 0.914 bits per heavy atom. The number of hydrogen-bond acceptors (Lipinski definition) is 4. The van der Waals surface area contributed by atoms with Crippen LogP contribution in [0.3, 0.4) is 0 Å². The molecule has 2 aliphatic carbocycles. The summed E-state index contributed by atoms with van der Waals surface area (Å²) in [5.41, 5.74) is 10.3. The number of allylic oxidation sites excluding steroid dienone is 2. The first kappa shape index (κ1) is 42.1. The third-order valence-corrected chi connectivity index (χ3v) is 59.2. The summed E-state index contributed by atoms with van der Waals surface area (Å²) >= 11 is 21.6. The van der Waals surface area contributed by atoms with Gasteiger partial charge in [-0.05, 0) is 0 Å². The van der Waals surface area contributed by atoms with Crippen LogP contribution in [0.5, 0.6) is 11.5 Å². The SMILES string of the molecule is COc1c(Cl)cc(-c2c(C)ccc3c2C=C(c2ccc(C)o2)[CH]3[Zr]([Cl])([Cl])([CH]2C(c3ccc(C)o3)=Cc3c2ccc(C)c3-c2cc(Cl)c(OC)c(Cl)c2)=[Si](C)C)cc1Cl. The minimum absolute atomic E-state index is 0.372. The van der Waals surface area contributed by atoms with Gasteiger partial charge in [-0.1, -0.05) is 0 Å². The molecule has 2 heterocycles. The molecule has 8 rings (SSSR count). The number of methoxy groups -OCH3 is 2. The van der Waals surface area contributed by atoms with E-state index < -0.39 is 20.4 Å². The van der Waals surface area contributed by atoms with Gasteiger partial charge in [0.05, 0.1) is 0 Å². The second-order valence-electron chi connectivity index (χ2n) is 15.5. The minimum atomic E-state index is -5.55. The normalized spacial score (nSPS) is 16.3. The molecule has 0 radical (unpaired) electrons. The first-order valence-electron chi connectivity index (χ1n) is 18.8. The summed E-state index contributed by atoms with van der Waals surface area (Å²) in [4.78, 5) is 0. The summed E-state index contributed by atoms with van der Waals surface area (Å²) in [6, 6.07) is 24.4. The average molecular weight is 989 g/mol. The Morgan fingerprint density at radius 3 is 1.21 bits per heavy atom. The summed E-state index contributed by atoms with van der Waals surface area (Å²) < 4.78 is 23.3. The summed E-state index contributed by atoms with van der Waals surface area (Å²) in [6.45, 7) is 12.6. The van der Waals surface area contributed by atoms with Gasteiger partial charge in [0.1, 0.15) is 0 Å². The molecule has 0 amide bonds. The van der Waals surface area contributed by atoms with Gasteiger partial charge in [-0.2, -0.15) is 0 Å². The van der Waals surface area contributed by atoms with Crippen LogP contribution in [0.15, 0.2) is 81.6 Å². The molecule has 4 nitrogen and oxygen atoms in total. The van der Waals surface area contributed by atoms with Crippen LogP contribution in [-0.2, 0) is 15.0 Å². The van der Waals surface area contributed by atoms with Gasteiger partial charge in [0.2, 0.25) is 0 Å². The van der Waals surface area contributed by atoms with Gasteiger partial charge in [0, 0.05) is 0 Å². The molecule has 2 unspecified atom stereocenters. The van der Waals surface area contributed by atoms with Crippen molar-refractivity contribution in [2.45, 2.75) is 48.0 Å². The fourth-order valence-corrected chi connectivity index (χ4v) is 38.1. The van der Waals surface area contributed by atoms with Crippen molar-refractivity contribution in [2.24, 2.45) is 0 Å². The molecular weight excluding hydrogens is 949 g/mol. The Bertz CT molecular complexity index is 2630. The fraction of sp³-hybridized carbons (Fsp3) is 0.217. The van der Waals surface area contributed by atoms with Crippen LogP contribution < -0.4 is 9.47 Å². The molecule has 2 aliphatic rings. The summed E-state index contributed by atoms with van der Waals surface area (Å²) in [5.74, 6) is 3.92. The van der Waals surface area contributed by atoms with Crippen molar-refractivity contribution < 1.29 is 33.3 Å². The van der Waals surface area contributed by atoms with Gasteiger partial charge >= 0.3 is 371 Å². The van der Waals surface area contributed by atoms with Crippen LogP contribution in [0.4, 0.5) is 0 Å². The predicted molar refractivity (Wildman–Crippen MR) is 244 cm³/mol. The zero-order valence-electron chi connectivity index (χ0n) is 33.1. The molecule has 0 saturated carbocycles. The van der Waals surface area contributed by atoms with Gasteiger partial charge in [-0.25, -0.2) is 0 Å². The fourth-order valence-electron chi connectivity index (χ4n) is 9.17. The van der Waals surface area contributed by atoms with Gasteiger partial charge in [-0.15, -0.1) is 0 Å². The van der Waals surface area contributed by atoms with E-state index >= 15 is 0 Å². The van der Waals surface area contributed by atoms with Crippen molar-refractivity contribution in [1.29, 1.82) is 0 Å². The molecule has 6 aromatic rings. The van der Waals surface area contributed by atoms with E-state index in [-0.39, 0.29) is 7.25 Å². The van der Waals surface area contributed by atoms with Crippen LogP contribution in [0, 0.1) is 27.7 Å². The van der Waals surface area contributed by atoms with Gasteiger partial charge in [-0.3, -0.25) is 0 Å². The van der Waals surface area contributed by atoms with Crippen molar-refractivity contribution in [2.75, 3.05) is 14.2 Å². The molecule has 58 heavy (non-hydrogen) atoms. The van der Waals surface area contributed by atoms with E-state index in [1.54, 1.807) is 14.2 Å². The van der Waals surface area contributed by atoms with E-state index in [9.17, 15) is 0 Å². The number of rotatable bonds is 8. The number of halogens is 6. The third-order valence-electron chi connectivity index (χ3n) is 11.9. The third kappa shape index (κ3) is 6.56. The van der Waals surface area contributed by atoms with E-state index in [4.69, 9.17) is 81.7 Å². The maximum absolute atomic E-state index is 8.89. The summed E-state index contributed by atoms with van der Waals surface area (Å²) in [5, 5.41) is 1.69. The van der Waals surface area contributed by atoms with Crippen molar-refractivity contribution in [3.05, 3.63) is 149 Å². The second kappa shape index (κ2) is 15.4. The molecule has 0 saturated heterocycles. The first-order valence-corrected chi connectivity index (χ1v) is 35.6. The summed E-state index contributed by atoms with van der Waals surface area (Å²) in [7, 11) is 20.9. The van der Waals surface area contributed by atoms with E-state index in [0.29, 0.717) is 31.6 Å². The number of benzene rings is 4. The molecule has 298 valence electrons. The first-order chi connectivity index (χ1) is 27.5. The molecule has 0 aliphatic heterocycles. The molecule has 0 fully saturated rings. The van der Waals surface area contributed by atoms with E-state index in [2.05, 4.69) is 63.4 Å². The van der Waals surface area contributed by atoms with Crippen LogP contribution >= 0.6 is 63.4 Å². The molecule has 0 spiro atoms. The van der Waals surface area contributed by atoms with Crippen LogP contribution in [-0.4, -0.2) is 19.7 Å². The number of ether oxygens (including phenoxy) is 2. The van der Waals surface area contributed by atoms with Crippen molar-refractivity contribution >= 4 is 92.2 Å². The number of aryl methyl sites for hydroxylation is 4. The van der Waals surface area contributed by atoms with Gasteiger partial charge in [0.15, 0.2) is 0 Å². The van der Waals surface area contributed by atoms with Crippen molar-refractivity contribution in [3.8, 4) is 33.8 Å².